The molecule has 0 fully saturated rings. The van der Waals surface area contributed by atoms with Crippen LogP contribution in [0.25, 0.3) is 70.7 Å². The number of hydrogen-bond acceptors (Lipinski definition) is 3. The number of pyridine rings is 1. The summed E-state index contributed by atoms with van der Waals surface area (Å²) >= 11 is -0.748. The molecule has 9 aromatic rings. The van der Waals surface area contributed by atoms with E-state index in [1.165, 1.54) is 34.4 Å². The van der Waals surface area contributed by atoms with Gasteiger partial charge in [-0.3, -0.25) is 9.37 Å². The Kier molecular flexibility index (Phi) is 12.1. The molecular formula is C57H58FGeIrN3S-2. The molecule has 0 bridgehead atoms. The zero-order chi connectivity index (χ0) is 49.1. The Hall–Kier alpha value is -4.72. The number of thiophene rings is 1. The molecule has 0 aliphatic rings. The van der Waals surface area contributed by atoms with Crippen LogP contribution in [0, 0.1) is 30.2 Å². The first kappa shape index (κ1) is 40.8. The summed E-state index contributed by atoms with van der Waals surface area (Å²) in [5, 5.41) is 1.58. The summed E-state index contributed by atoms with van der Waals surface area (Å²) < 4.78 is 60.7. The van der Waals surface area contributed by atoms with Crippen LogP contribution in [0.3, 0.4) is 0 Å². The summed E-state index contributed by atoms with van der Waals surface area (Å²) in [6, 6.07) is 45.9. The van der Waals surface area contributed by atoms with Crippen molar-refractivity contribution in [3.8, 4) is 39.5 Å². The van der Waals surface area contributed by atoms with E-state index in [2.05, 4.69) is 133 Å². The predicted octanol–water partition coefficient (Wildman–Crippen LogP) is 15.9. The topological polar surface area (TPSA) is 30.7 Å². The van der Waals surface area contributed by atoms with Gasteiger partial charge in [0.15, 0.2) is 0 Å². The van der Waals surface area contributed by atoms with Crippen LogP contribution in [0.1, 0.15) is 89.4 Å². The average molecular weight is 1110 g/mol. The molecule has 0 atom stereocenters. The molecule has 7 heteroatoms. The van der Waals surface area contributed by atoms with Gasteiger partial charge in [0.05, 0.1) is 16.9 Å². The van der Waals surface area contributed by atoms with Gasteiger partial charge in [0.2, 0.25) is 0 Å². The van der Waals surface area contributed by atoms with Crippen LogP contribution in [0.4, 0.5) is 4.39 Å². The summed E-state index contributed by atoms with van der Waals surface area (Å²) in [6.45, 7) is 12.6. The van der Waals surface area contributed by atoms with Crippen LogP contribution in [-0.2, 0) is 26.5 Å². The third-order valence-corrected chi connectivity index (χ3v) is 16.7. The molecule has 0 N–H and O–H groups in total. The van der Waals surface area contributed by atoms with Crippen molar-refractivity contribution in [2.24, 2.45) is 5.41 Å². The number of nitrogens with zero attached hydrogens (tertiary/aromatic N) is 3. The number of rotatable bonds is 8. The molecule has 3 heterocycles. The minimum Gasteiger partial charge on any atom is 0 e. The van der Waals surface area contributed by atoms with E-state index in [-0.39, 0.29) is 43.3 Å². The van der Waals surface area contributed by atoms with Crippen LogP contribution < -0.4 is 4.40 Å². The second kappa shape index (κ2) is 19.0. The van der Waals surface area contributed by atoms with Crippen molar-refractivity contribution in [2.75, 3.05) is 0 Å². The zero-order valence-corrected chi connectivity index (χ0v) is 43.5. The van der Waals surface area contributed by atoms with Crippen molar-refractivity contribution in [3.63, 3.8) is 0 Å². The summed E-state index contributed by atoms with van der Waals surface area (Å²) in [5.41, 5.74) is 10.5. The van der Waals surface area contributed by atoms with E-state index in [1.54, 1.807) is 23.5 Å². The van der Waals surface area contributed by atoms with Gasteiger partial charge in [-0.1, -0.05) is 93.9 Å². The summed E-state index contributed by atoms with van der Waals surface area (Å²) in [5.74, 6) is 7.77. The molecule has 64 heavy (non-hydrogen) atoms. The van der Waals surface area contributed by atoms with Crippen molar-refractivity contribution >= 4 is 60.2 Å². The van der Waals surface area contributed by atoms with Crippen molar-refractivity contribution in [1.82, 2.24) is 14.5 Å². The maximum atomic E-state index is 15.4. The standard InChI is InChI=1S/C37H30FN2S.C20H28GeN.Ir/c1-22(2)28-20-25(24-12-6-5-7-13-24)21-29(23(3)4)35(28)40-32-16-10-9-15-31(32)39-37(40)27-18-19-30(38)34-26-14-8-11-17-33(26)41-36(27)34;1-15-8-10-16(11-9-15)19-12-17(13-20(2,3)4)18(14-22-19)21(5,6)7;/h5-17,19-23H,1-4H3;8-10,12,14H,13H2,1-7H3;/q2*-1;/i;1D3,13D2;. The molecule has 0 saturated heterocycles. The Balaban J connectivity index is 0.000000220. The van der Waals surface area contributed by atoms with Crippen LogP contribution in [0.2, 0.25) is 17.3 Å². The van der Waals surface area contributed by atoms with Crippen molar-refractivity contribution in [3.05, 3.63) is 168 Å². The SMILES string of the molecule is CC(C)c1cc(-c2ccccc2)cc(C(C)C)c1-n1c(-c2[c-]cc(F)c3c2sc2ccccc23)nc2ccccc21.[2H]C([2H])([2H])c1c[c-]c(-c2cc(C([2H])([2H])C(C)(C)C)[c]([Ge]([CH3])([CH3])[CH3])cn2)cc1.[Ir]. The maximum Gasteiger partial charge on any atom is 0 e. The normalized spacial score (nSPS) is 13.5. The van der Waals surface area contributed by atoms with Crippen LogP contribution >= 0.6 is 11.3 Å². The molecule has 0 saturated carbocycles. The van der Waals surface area contributed by atoms with Crippen molar-refractivity contribution < 1.29 is 31.3 Å². The first-order valence-corrected chi connectivity index (χ1v) is 29.9. The van der Waals surface area contributed by atoms with Gasteiger partial charge in [0.1, 0.15) is 0 Å². The molecule has 329 valence electrons. The second-order valence-electron chi connectivity index (χ2n) is 19.0. The van der Waals surface area contributed by atoms with Gasteiger partial charge in [0, 0.05) is 36.3 Å². The number of halogens is 1. The average Bonchev–Trinajstić information content (AvgIpc) is 3.88. The number of imidazole rings is 1. The second-order valence-corrected chi connectivity index (χ2v) is 30.6. The smallest absolute Gasteiger partial charge is 0 e. The van der Waals surface area contributed by atoms with Gasteiger partial charge < -0.3 is 4.57 Å². The number of aromatic nitrogens is 3. The van der Waals surface area contributed by atoms with Gasteiger partial charge in [-0.15, -0.1) is 12.1 Å². The van der Waals surface area contributed by atoms with E-state index >= 15 is 4.39 Å². The van der Waals surface area contributed by atoms with E-state index in [4.69, 9.17) is 11.8 Å². The molecule has 0 spiro atoms. The van der Waals surface area contributed by atoms with E-state index in [9.17, 15) is 0 Å². The summed E-state index contributed by atoms with van der Waals surface area (Å²) in [7, 11) is 0. The maximum absolute atomic E-state index is 15.4. The first-order chi connectivity index (χ1) is 32.0. The molecule has 0 aliphatic carbocycles. The van der Waals surface area contributed by atoms with Gasteiger partial charge in [-0.25, -0.2) is 0 Å². The van der Waals surface area contributed by atoms with Crippen molar-refractivity contribution in [1.29, 1.82) is 0 Å². The monoisotopic (exact) mass is 1110 g/mol. The molecule has 0 aliphatic heterocycles. The summed E-state index contributed by atoms with van der Waals surface area (Å²) in [6.07, 6.45) is 0.303. The molecule has 9 rings (SSSR count). The number of aryl methyl sites for hydroxylation is 1. The minimum atomic E-state index is -2.36. The molecule has 0 amide bonds. The van der Waals surface area contributed by atoms with Gasteiger partial charge >= 0.3 is 145 Å². The number of fused-ring (bicyclic) bond motifs is 4. The minimum absolute atomic E-state index is 0. The molecule has 1 radical (unpaired) electrons. The van der Waals surface area contributed by atoms with E-state index < -0.39 is 31.9 Å². The predicted molar refractivity (Wildman–Crippen MR) is 271 cm³/mol. The van der Waals surface area contributed by atoms with Gasteiger partial charge in [-0.05, 0) is 79.9 Å². The van der Waals surface area contributed by atoms with E-state index in [0.717, 1.165) is 47.3 Å². The Bertz CT molecular complexity index is 3260. The number of para-hydroxylation sites is 2. The first-order valence-electron chi connectivity index (χ1n) is 24.2. The number of benzene rings is 6. The largest absolute Gasteiger partial charge is 0 e. The Morgan fingerprint density at radius 2 is 1.48 bits per heavy atom. The van der Waals surface area contributed by atoms with Crippen LogP contribution in [0.15, 0.2) is 128 Å². The fraction of sp³-hybridized carbons (Fsp3) is 0.263. The third-order valence-electron chi connectivity index (χ3n) is 11.2. The zero-order valence-electron chi connectivity index (χ0n) is 43.2. The van der Waals surface area contributed by atoms with Crippen molar-refractivity contribution in [2.45, 2.75) is 90.8 Å². The number of hydrogen-bond donors (Lipinski definition) is 0. The summed E-state index contributed by atoms with van der Waals surface area (Å²) in [4.78, 5) is 9.78. The third kappa shape index (κ3) is 9.77. The van der Waals surface area contributed by atoms with E-state index in [0.29, 0.717) is 22.2 Å². The molecule has 6 aromatic carbocycles. The molecule has 3 nitrogen and oxygen atoms in total. The molecule has 0 unspecified atom stereocenters. The van der Waals surface area contributed by atoms with Crippen LogP contribution in [0.5, 0.6) is 0 Å². The quantitative estimate of drug-likeness (QED) is 0.112. The molecule has 3 aromatic heterocycles. The van der Waals surface area contributed by atoms with Gasteiger partial charge in [0.25, 0.3) is 0 Å². The van der Waals surface area contributed by atoms with E-state index in [1.807, 2.05) is 57.3 Å². The fourth-order valence-electron chi connectivity index (χ4n) is 8.23. The Labute approximate surface area is 407 Å². The Morgan fingerprint density at radius 1 is 0.812 bits per heavy atom. The fourth-order valence-corrected chi connectivity index (χ4v) is 12.4. The van der Waals surface area contributed by atoms with Crippen LogP contribution in [-0.4, -0.2) is 27.8 Å². The van der Waals surface area contributed by atoms with Gasteiger partial charge in [-0.2, -0.15) is 11.3 Å². The Morgan fingerprint density at radius 3 is 2.12 bits per heavy atom. The molecular weight excluding hydrogens is 1040 g/mol.